The van der Waals surface area contributed by atoms with E-state index in [1.807, 2.05) is 38.2 Å². The molecule has 0 spiro atoms. The number of carbonyl (C=O) groups excluding carboxylic acids is 4. The molecule has 4 aromatic rings. The van der Waals surface area contributed by atoms with Crippen molar-refractivity contribution in [3.05, 3.63) is 71.5 Å². The first kappa shape index (κ1) is 45.2. The minimum Gasteiger partial charge on any atom is -0.508 e. The third-order valence-electron chi connectivity index (χ3n) is 11.9. The molecule has 2 aromatic heterocycles. The number of phenolic OH excluding ortho intramolecular Hbond substituents is 1. The number of aromatic nitrogens is 2. The van der Waals surface area contributed by atoms with Gasteiger partial charge in [0, 0.05) is 74.4 Å². The molecule has 0 radical (unpaired) electrons. The van der Waals surface area contributed by atoms with Crippen molar-refractivity contribution in [3.63, 3.8) is 0 Å². The van der Waals surface area contributed by atoms with Gasteiger partial charge in [-0.15, -0.1) is 0 Å². The van der Waals surface area contributed by atoms with Gasteiger partial charge in [-0.05, 0) is 110 Å². The summed E-state index contributed by atoms with van der Waals surface area (Å²) in [6, 6.07) is 10.7. The molecule has 0 unspecified atom stereocenters. The number of pyridine rings is 1. The van der Waals surface area contributed by atoms with E-state index in [2.05, 4.69) is 53.2 Å². The number of carbonyl (C=O) groups is 4. The molecule has 0 saturated carbocycles. The number of aryl methyl sites for hydroxylation is 1. The van der Waals surface area contributed by atoms with Crippen molar-refractivity contribution in [1.29, 1.82) is 0 Å². The van der Waals surface area contributed by atoms with Gasteiger partial charge in [0.15, 0.2) is 0 Å². The van der Waals surface area contributed by atoms with Gasteiger partial charge >= 0.3 is 5.97 Å². The molecule has 1 fully saturated rings. The second kappa shape index (κ2) is 19.6. The van der Waals surface area contributed by atoms with E-state index in [0.29, 0.717) is 63.9 Å². The van der Waals surface area contributed by atoms with Gasteiger partial charge in [0.2, 0.25) is 11.8 Å². The normalized spacial score (nSPS) is 18.7. The van der Waals surface area contributed by atoms with Crippen molar-refractivity contribution >= 4 is 34.6 Å². The molecule has 14 heteroatoms. The second-order valence-electron chi connectivity index (χ2n) is 17.6. The number of unbranched alkanes of at least 4 members (excludes halogenated alkanes) is 1. The number of nitrogens with one attached hydrogen (secondary N) is 2. The van der Waals surface area contributed by atoms with Crippen LogP contribution in [0.3, 0.4) is 0 Å². The van der Waals surface area contributed by atoms with Crippen LogP contribution in [-0.4, -0.2) is 100 Å². The first-order valence-corrected chi connectivity index (χ1v) is 21.6. The van der Waals surface area contributed by atoms with E-state index in [1.54, 1.807) is 32.5 Å². The van der Waals surface area contributed by atoms with Crippen LogP contribution < -0.4 is 16.5 Å². The number of rotatable bonds is 12. The number of nitrogens with zero attached hydrogens (tertiary/aromatic N) is 4. The molecule has 2 aromatic carbocycles. The van der Waals surface area contributed by atoms with Crippen LogP contribution in [0.2, 0.25) is 0 Å². The first-order chi connectivity index (χ1) is 29.2. The summed E-state index contributed by atoms with van der Waals surface area (Å²) in [6.45, 7) is 12.0. The number of nitrogens with two attached hydrogens (primary N) is 1. The van der Waals surface area contributed by atoms with E-state index in [9.17, 15) is 24.3 Å². The van der Waals surface area contributed by atoms with Gasteiger partial charge in [-0.2, -0.15) is 0 Å². The van der Waals surface area contributed by atoms with E-state index in [0.717, 1.165) is 44.4 Å². The van der Waals surface area contributed by atoms with Crippen molar-refractivity contribution < 1.29 is 33.8 Å². The SMILES string of the molecule is CCn1c(-c2cnccc2COC)c2c3cc(ccc31)-c1cc(O)cc(c1)C[C@H](NC(=O)[C@H](C(C)C)N(C)C(=O)CCCCN)C(=O)N1CCC[C@H](N1)C(=O)OCC(C)(C)C2. The summed E-state index contributed by atoms with van der Waals surface area (Å²) >= 11 is 0. The van der Waals surface area contributed by atoms with Crippen molar-refractivity contribution in [2.24, 2.45) is 17.1 Å². The first-order valence-electron chi connectivity index (χ1n) is 21.6. The molecule has 3 amide bonds. The summed E-state index contributed by atoms with van der Waals surface area (Å²) in [5.41, 5.74) is 15.5. The Morgan fingerprint density at radius 3 is 2.64 bits per heavy atom. The van der Waals surface area contributed by atoms with Crippen molar-refractivity contribution in [2.75, 3.05) is 33.9 Å². The monoisotopic (exact) mass is 837 g/mol. The lowest BCUT2D eigenvalue weighted by Crippen LogP contribution is -2.62. The standard InChI is InChI=1S/C47H63N7O7/c1-8-53-40-15-14-31-24-35(40)36(43(53)37-26-49-18-16-32(37)27-60-7)25-47(4,5)28-61-46(59)38-12-11-19-54(51-38)45(58)39(22-30-20-33(31)23-34(55)21-30)50-44(57)42(29(2)3)52(6)41(56)13-9-10-17-48/h14-16,18,20-21,23-24,26,29,38-39,42,51,55H,8-13,17,19,22,25,27-28,48H2,1-7H3,(H,50,57)/t38-,39-,42-/m0/s1. The predicted molar refractivity (Wildman–Crippen MR) is 235 cm³/mol. The second-order valence-corrected chi connectivity index (χ2v) is 17.6. The number of esters is 1. The average Bonchev–Trinajstić information content (AvgIpc) is 3.53. The number of aromatic hydroxyl groups is 1. The van der Waals surface area contributed by atoms with Gasteiger partial charge in [-0.1, -0.05) is 39.8 Å². The highest BCUT2D eigenvalue weighted by molar-refractivity contribution is 5.96. The molecule has 6 bridgehead atoms. The molecule has 6 rings (SSSR count). The Morgan fingerprint density at radius 2 is 1.92 bits per heavy atom. The summed E-state index contributed by atoms with van der Waals surface area (Å²) in [7, 11) is 3.29. The average molecular weight is 838 g/mol. The lowest BCUT2D eigenvalue weighted by molar-refractivity contribution is -0.155. The molecular weight excluding hydrogens is 775 g/mol. The van der Waals surface area contributed by atoms with Crippen LogP contribution in [0.15, 0.2) is 54.9 Å². The smallest absolute Gasteiger partial charge is 0.324 e. The maximum Gasteiger partial charge on any atom is 0.324 e. The number of ether oxygens (including phenoxy) is 2. The van der Waals surface area contributed by atoms with Gasteiger partial charge in [0.25, 0.3) is 5.91 Å². The minimum atomic E-state index is -1.11. The predicted octanol–water partition coefficient (Wildman–Crippen LogP) is 5.50. The number of likely N-dealkylation sites (N-methyl/N-ethyl adjacent to an activating group) is 1. The van der Waals surface area contributed by atoms with Crippen LogP contribution in [0.4, 0.5) is 0 Å². The number of cyclic esters (lactones) is 1. The molecular formula is C47H63N7O7. The quantitative estimate of drug-likeness (QED) is 0.105. The highest BCUT2D eigenvalue weighted by Gasteiger charge is 2.37. The van der Waals surface area contributed by atoms with Crippen molar-refractivity contribution in [1.82, 2.24) is 30.2 Å². The Labute approximate surface area is 359 Å². The molecule has 4 heterocycles. The fourth-order valence-corrected chi connectivity index (χ4v) is 8.87. The highest BCUT2D eigenvalue weighted by Crippen LogP contribution is 2.41. The van der Waals surface area contributed by atoms with Crippen molar-refractivity contribution in [3.8, 4) is 28.1 Å². The number of hydrazine groups is 1. The maximum absolute atomic E-state index is 14.6. The van der Waals surface area contributed by atoms with Crippen LogP contribution in [0.5, 0.6) is 5.75 Å². The third-order valence-corrected chi connectivity index (χ3v) is 11.9. The topological polar surface area (TPSA) is 181 Å². The van der Waals surface area contributed by atoms with Gasteiger partial charge in [0.1, 0.15) is 23.9 Å². The molecule has 61 heavy (non-hydrogen) atoms. The lowest BCUT2D eigenvalue weighted by atomic mass is 9.84. The molecule has 2 aliphatic rings. The zero-order chi connectivity index (χ0) is 44.0. The Hall–Kier alpha value is -5.31. The number of phenols is 1. The van der Waals surface area contributed by atoms with Crippen LogP contribution >= 0.6 is 0 Å². The van der Waals surface area contributed by atoms with Gasteiger partial charge < -0.3 is 35.1 Å². The fraction of sp³-hybridized carbons (Fsp3) is 0.511. The molecule has 3 atom stereocenters. The number of hydrogen-bond acceptors (Lipinski definition) is 10. The van der Waals surface area contributed by atoms with Gasteiger partial charge in [-0.3, -0.25) is 29.2 Å². The van der Waals surface area contributed by atoms with Gasteiger partial charge in [0.05, 0.1) is 18.9 Å². The van der Waals surface area contributed by atoms with Crippen LogP contribution in [0.1, 0.15) is 83.4 Å². The van der Waals surface area contributed by atoms with Gasteiger partial charge in [-0.25, -0.2) is 5.43 Å². The number of amides is 3. The number of methoxy groups -OCH3 is 1. The zero-order valence-corrected chi connectivity index (χ0v) is 36.8. The molecule has 328 valence electrons. The molecule has 14 nitrogen and oxygen atoms in total. The molecule has 2 aliphatic heterocycles. The van der Waals surface area contributed by atoms with E-state index in [-0.39, 0.29) is 37.0 Å². The van der Waals surface area contributed by atoms with E-state index < -0.39 is 41.3 Å². The summed E-state index contributed by atoms with van der Waals surface area (Å²) in [5, 5.41) is 16.6. The Balaban J connectivity index is 1.47. The molecule has 1 saturated heterocycles. The van der Waals surface area contributed by atoms with E-state index >= 15 is 0 Å². The number of benzene rings is 2. The van der Waals surface area contributed by atoms with E-state index in [4.69, 9.17) is 15.2 Å². The van der Waals surface area contributed by atoms with Crippen LogP contribution in [0, 0.1) is 11.3 Å². The lowest BCUT2D eigenvalue weighted by Gasteiger charge is -2.36. The summed E-state index contributed by atoms with van der Waals surface area (Å²) in [6.07, 6.45) is 6.78. The van der Waals surface area contributed by atoms with Crippen molar-refractivity contribution in [2.45, 2.75) is 111 Å². The number of fused-ring (bicyclic) bond motifs is 6. The van der Waals surface area contributed by atoms with E-state index in [1.165, 1.54) is 9.91 Å². The largest absolute Gasteiger partial charge is 0.508 e. The molecule has 5 N–H and O–H groups in total. The Kier molecular flexibility index (Phi) is 14.5. The highest BCUT2D eigenvalue weighted by atomic mass is 16.5. The number of hydrogen-bond donors (Lipinski definition) is 4. The summed E-state index contributed by atoms with van der Waals surface area (Å²) in [5.74, 6) is -1.83. The summed E-state index contributed by atoms with van der Waals surface area (Å²) < 4.78 is 14.0. The maximum atomic E-state index is 14.6. The Bertz CT molecular complexity index is 2230. The minimum absolute atomic E-state index is 0.00837. The zero-order valence-electron chi connectivity index (χ0n) is 36.8. The third kappa shape index (κ3) is 10.3. The van der Waals surface area contributed by atoms with Crippen LogP contribution in [-0.2, 0) is 54.6 Å². The fourth-order valence-electron chi connectivity index (χ4n) is 8.87. The summed E-state index contributed by atoms with van der Waals surface area (Å²) in [4.78, 5) is 61.8. The molecule has 0 aliphatic carbocycles. The van der Waals surface area contributed by atoms with Crippen LogP contribution in [0.25, 0.3) is 33.3 Å². The Morgan fingerprint density at radius 1 is 1.13 bits per heavy atom.